The van der Waals surface area contributed by atoms with Gasteiger partial charge in [0.05, 0.1) is 13.2 Å². The second-order valence-corrected chi connectivity index (χ2v) is 11.6. The number of nitrogens with zero attached hydrogens (tertiary/aromatic N) is 4. The van der Waals surface area contributed by atoms with Crippen molar-refractivity contribution in [1.82, 2.24) is 5.32 Å². The molecule has 1 amide bonds. The molecule has 1 aliphatic heterocycles. The maximum absolute atomic E-state index is 14.5. The lowest BCUT2D eigenvalue weighted by atomic mass is 9.81. The highest BCUT2D eigenvalue weighted by atomic mass is 35.5. The lowest BCUT2D eigenvalue weighted by Gasteiger charge is -2.31. The Hall–Kier alpha value is -4.53. The standard InChI is InChI=1S/C35H33Cl2N5O4/c36-29-14-11-24(31(37)21-29)17-18-39-34(44)35(22-27-9-4-5-10-28(27)23-40-42-38)32(25-7-2-1-3-8-25)46-33(41-35)26-12-15-30(16-13-26)45-20-6-19-43/h1-5,7-16,21,32,43H,6,17-20,22-23H2,(H,39,44)/t32-,35-/m1/s1. The molecule has 0 spiro atoms. The number of halogens is 2. The summed E-state index contributed by atoms with van der Waals surface area (Å²) in [6.45, 7) is 0.870. The van der Waals surface area contributed by atoms with Crippen LogP contribution in [0.15, 0.2) is 107 Å². The lowest BCUT2D eigenvalue weighted by molar-refractivity contribution is -0.128. The van der Waals surface area contributed by atoms with Gasteiger partial charge in [-0.2, -0.15) is 0 Å². The predicted molar refractivity (Wildman–Crippen MR) is 179 cm³/mol. The van der Waals surface area contributed by atoms with Crippen LogP contribution in [-0.2, 0) is 28.9 Å². The highest BCUT2D eigenvalue weighted by Crippen LogP contribution is 2.43. The molecule has 0 radical (unpaired) electrons. The van der Waals surface area contributed by atoms with Crippen LogP contribution in [0.5, 0.6) is 5.75 Å². The number of aliphatic imine (C=N–C) groups is 1. The minimum absolute atomic E-state index is 0.0481. The Morgan fingerprint density at radius 2 is 1.74 bits per heavy atom. The van der Waals surface area contributed by atoms with Crippen molar-refractivity contribution in [1.29, 1.82) is 0 Å². The average molecular weight is 659 g/mol. The van der Waals surface area contributed by atoms with Gasteiger partial charge in [0.1, 0.15) is 5.75 Å². The van der Waals surface area contributed by atoms with Crippen molar-refractivity contribution in [2.24, 2.45) is 10.1 Å². The van der Waals surface area contributed by atoms with Crippen molar-refractivity contribution in [3.63, 3.8) is 0 Å². The first-order valence-electron chi connectivity index (χ1n) is 14.9. The Bertz CT molecular complexity index is 1730. The molecule has 0 fully saturated rings. The molecule has 5 rings (SSSR count). The molecule has 0 saturated heterocycles. The summed E-state index contributed by atoms with van der Waals surface area (Å²) < 4.78 is 12.3. The number of aliphatic hydroxyl groups excluding tert-OH is 1. The number of carbonyl (C=O) groups excluding carboxylic acids is 1. The summed E-state index contributed by atoms with van der Waals surface area (Å²) in [6.07, 6.45) is 0.426. The van der Waals surface area contributed by atoms with Crippen LogP contribution in [0.3, 0.4) is 0 Å². The Kier molecular flexibility index (Phi) is 11.2. The molecule has 0 saturated carbocycles. The largest absolute Gasteiger partial charge is 0.494 e. The molecule has 9 nitrogen and oxygen atoms in total. The molecule has 1 aliphatic rings. The van der Waals surface area contributed by atoms with Gasteiger partial charge in [-0.15, -0.1) is 0 Å². The van der Waals surface area contributed by atoms with Crippen molar-refractivity contribution in [2.75, 3.05) is 19.8 Å². The van der Waals surface area contributed by atoms with Crippen molar-refractivity contribution in [3.8, 4) is 5.75 Å². The third-order valence-corrected chi connectivity index (χ3v) is 8.30. The van der Waals surface area contributed by atoms with E-state index in [1.165, 1.54) is 0 Å². The van der Waals surface area contributed by atoms with Gasteiger partial charge in [0.2, 0.25) is 5.90 Å². The third kappa shape index (κ3) is 7.81. The van der Waals surface area contributed by atoms with E-state index in [1.54, 1.807) is 24.3 Å². The van der Waals surface area contributed by atoms with E-state index in [0.29, 0.717) is 53.2 Å². The van der Waals surface area contributed by atoms with E-state index in [0.717, 1.165) is 22.3 Å². The Balaban J connectivity index is 1.54. The summed E-state index contributed by atoms with van der Waals surface area (Å²) >= 11 is 12.5. The Labute approximate surface area is 277 Å². The normalized spacial score (nSPS) is 17.0. The highest BCUT2D eigenvalue weighted by Gasteiger charge is 2.53. The number of ether oxygens (including phenoxy) is 2. The molecule has 1 heterocycles. The second kappa shape index (κ2) is 15.7. The maximum atomic E-state index is 14.5. The number of carbonyl (C=O) groups is 1. The van der Waals surface area contributed by atoms with Crippen molar-refractivity contribution in [3.05, 3.63) is 145 Å². The SMILES string of the molecule is [N-]=[N+]=NCc1ccccc1C[C@@]1(C(=O)NCCc2ccc(Cl)cc2Cl)N=C(c2ccc(OCCCO)cc2)O[C@@H]1c1ccccc1. The molecular weight excluding hydrogens is 625 g/mol. The Morgan fingerprint density at radius 1 is 1.00 bits per heavy atom. The second-order valence-electron chi connectivity index (χ2n) is 10.8. The van der Waals surface area contributed by atoms with Crippen LogP contribution in [0.4, 0.5) is 0 Å². The summed E-state index contributed by atoms with van der Waals surface area (Å²) in [4.78, 5) is 22.5. The number of hydrogen-bond donors (Lipinski definition) is 2. The summed E-state index contributed by atoms with van der Waals surface area (Å²) in [5, 5.41) is 17.0. The molecule has 0 aliphatic carbocycles. The summed E-state index contributed by atoms with van der Waals surface area (Å²) in [7, 11) is 0. The number of nitrogens with one attached hydrogen (secondary N) is 1. The quantitative estimate of drug-likeness (QED) is 0.0632. The first-order chi connectivity index (χ1) is 22.4. The molecular formula is C35H33Cl2N5O4. The fraction of sp³-hybridized carbons (Fsp3) is 0.257. The number of benzene rings is 4. The van der Waals surface area contributed by atoms with Gasteiger partial charge in [-0.1, -0.05) is 89.0 Å². The first-order valence-corrected chi connectivity index (χ1v) is 15.6. The van der Waals surface area contributed by atoms with Crippen LogP contribution in [0, 0.1) is 0 Å². The van der Waals surface area contributed by atoms with Crippen molar-refractivity contribution >= 4 is 35.0 Å². The van der Waals surface area contributed by atoms with Crippen LogP contribution >= 0.6 is 23.2 Å². The lowest BCUT2D eigenvalue weighted by Crippen LogP contribution is -2.50. The van der Waals surface area contributed by atoms with Crippen LogP contribution in [-0.4, -0.2) is 42.2 Å². The van der Waals surface area contributed by atoms with Crippen LogP contribution in [0.25, 0.3) is 10.4 Å². The molecule has 2 N–H and O–H groups in total. The summed E-state index contributed by atoms with van der Waals surface area (Å²) in [5.41, 5.74) is 11.5. The molecule has 0 unspecified atom stereocenters. The Morgan fingerprint density at radius 3 is 2.46 bits per heavy atom. The van der Waals surface area contributed by atoms with Crippen molar-refractivity contribution < 1.29 is 19.4 Å². The maximum Gasteiger partial charge on any atom is 0.252 e. The van der Waals surface area contributed by atoms with Crippen LogP contribution < -0.4 is 10.1 Å². The van der Waals surface area contributed by atoms with Gasteiger partial charge in [0.25, 0.3) is 5.91 Å². The van der Waals surface area contributed by atoms with Gasteiger partial charge in [-0.3, -0.25) is 4.79 Å². The zero-order valence-corrected chi connectivity index (χ0v) is 26.5. The van der Waals surface area contributed by atoms with E-state index in [9.17, 15) is 4.79 Å². The monoisotopic (exact) mass is 657 g/mol. The van der Waals surface area contributed by atoms with E-state index in [2.05, 4.69) is 15.3 Å². The molecule has 0 bridgehead atoms. The van der Waals surface area contributed by atoms with Gasteiger partial charge >= 0.3 is 0 Å². The predicted octanol–water partition coefficient (Wildman–Crippen LogP) is 7.42. The first kappa shape index (κ1) is 32.9. The summed E-state index contributed by atoms with van der Waals surface area (Å²) in [5.74, 6) is 0.649. The van der Waals surface area contributed by atoms with E-state index in [-0.39, 0.29) is 25.5 Å². The minimum atomic E-state index is -1.41. The van der Waals surface area contributed by atoms with Gasteiger partial charge < -0.3 is 19.9 Å². The number of hydrogen-bond acceptors (Lipinski definition) is 6. The molecule has 11 heteroatoms. The number of aliphatic hydroxyl groups is 1. The topological polar surface area (TPSA) is 129 Å². The van der Waals surface area contributed by atoms with E-state index < -0.39 is 11.6 Å². The van der Waals surface area contributed by atoms with E-state index in [1.807, 2.05) is 72.8 Å². The van der Waals surface area contributed by atoms with E-state index >= 15 is 0 Å². The molecule has 2 atom stereocenters. The molecule has 4 aromatic carbocycles. The third-order valence-electron chi connectivity index (χ3n) is 7.71. The van der Waals surface area contributed by atoms with Crippen LogP contribution in [0.1, 0.15) is 40.3 Å². The zero-order chi connectivity index (χ0) is 32.4. The smallest absolute Gasteiger partial charge is 0.252 e. The molecule has 46 heavy (non-hydrogen) atoms. The molecule has 236 valence electrons. The van der Waals surface area contributed by atoms with Gasteiger partial charge in [-0.25, -0.2) is 4.99 Å². The summed E-state index contributed by atoms with van der Waals surface area (Å²) in [6, 6.07) is 29.7. The average Bonchev–Trinajstić information content (AvgIpc) is 3.46. The number of azide groups is 1. The van der Waals surface area contributed by atoms with E-state index in [4.69, 9.17) is 48.3 Å². The van der Waals surface area contributed by atoms with Gasteiger partial charge in [0, 0.05) is 46.5 Å². The van der Waals surface area contributed by atoms with Crippen molar-refractivity contribution in [2.45, 2.75) is 37.5 Å². The van der Waals surface area contributed by atoms with Gasteiger partial charge in [-0.05, 0) is 70.6 Å². The minimum Gasteiger partial charge on any atom is -0.494 e. The van der Waals surface area contributed by atoms with Gasteiger partial charge in [0.15, 0.2) is 11.6 Å². The molecule has 0 aromatic heterocycles. The zero-order valence-electron chi connectivity index (χ0n) is 25.0. The number of amides is 1. The van der Waals surface area contributed by atoms with Crippen LogP contribution in [0.2, 0.25) is 10.0 Å². The number of rotatable bonds is 14. The molecule has 4 aromatic rings. The highest BCUT2D eigenvalue weighted by molar-refractivity contribution is 6.35. The fourth-order valence-corrected chi connectivity index (χ4v) is 5.88. The fourth-order valence-electron chi connectivity index (χ4n) is 5.38.